The molecule has 27 heavy (non-hydrogen) atoms. The molecular weight excluding hydrogens is 348 g/mol. The Morgan fingerprint density at radius 2 is 2.04 bits per heavy atom. The number of carboxylic acids is 1. The predicted molar refractivity (Wildman–Crippen MR) is 102 cm³/mol. The van der Waals surface area contributed by atoms with E-state index in [0.717, 1.165) is 25.2 Å². The third kappa shape index (κ3) is 5.85. The number of nitrogens with zero attached hydrogens (tertiary/aromatic N) is 2. The van der Waals surface area contributed by atoms with E-state index in [-0.39, 0.29) is 18.9 Å². The minimum Gasteiger partial charge on any atom is -0.493 e. The molecule has 0 bridgehead atoms. The smallest absolute Gasteiger partial charge is 0.308 e. The lowest BCUT2D eigenvalue weighted by Gasteiger charge is -2.19. The predicted octanol–water partition coefficient (Wildman–Crippen LogP) is 1.89. The lowest BCUT2D eigenvalue weighted by atomic mass is 10.1. The first-order valence-corrected chi connectivity index (χ1v) is 9.51. The normalized spacial score (nSPS) is 16.8. The van der Waals surface area contributed by atoms with E-state index in [1.165, 1.54) is 0 Å². The van der Waals surface area contributed by atoms with E-state index in [9.17, 15) is 9.59 Å². The fourth-order valence-corrected chi connectivity index (χ4v) is 3.23. The zero-order chi connectivity index (χ0) is 19.8. The van der Waals surface area contributed by atoms with Crippen LogP contribution in [-0.4, -0.2) is 73.2 Å². The van der Waals surface area contributed by atoms with Gasteiger partial charge < -0.3 is 24.4 Å². The molecule has 1 atom stereocenters. The molecule has 1 aromatic rings. The van der Waals surface area contributed by atoms with Crippen molar-refractivity contribution in [1.82, 2.24) is 9.80 Å². The number of ether oxygens (including phenoxy) is 2. The van der Waals surface area contributed by atoms with Crippen LogP contribution in [0.15, 0.2) is 18.2 Å². The van der Waals surface area contributed by atoms with Crippen molar-refractivity contribution >= 4 is 11.9 Å². The van der Waals surface area contributed by atoms with E-state index in [1.54, 1.807) is 12.0 Å². The van der Waals surface area contributed by atoms with E-state index in [2.05, 4.69) is 18.7 Å². The number of hydrogen-bond donors (Lipinski definition) is 1. The molecule has 1 saturated heterocycles. The van der Waals surface area contributed by atoms with Gasteiger partial charge in [-0.05, 0) is 37.2 Å². The first-order valence-electron chi connectivity index (χ1n) is 9.51. The summed E-state index contributed by atoms with van der Waals surface area (Å²) in [5, 5.41) is 9.07. The highest BCUT2D eigenvalue weighted by Gasteiger charge is 2.33. The highest BCUT2D eigenvalue weighted by atomic mass is 16.5. The van der Waals surface area contributed by atoms with Gasteiger partial charge in [0.1, 0.15) is 6.61 Å². The maximum Gasteiger partial charge on any atom is 0.308 e. The van der Waals surface area contributed by atoms with Crippen LogP contribution in [0.2, 0.25) is 0 Å². The van der Waals surface area contributed by atoms with Crippen LogP contribution in [0.4, 0.5) is 0 Å². The van der Waals surface area contributed by atoms with Gasteiger partial charge in [-0.15, -0.1) is 0 Å². The van der Waals surface area contributed by atoms with Crippen LogP contribution in [0.1, 0.15) is 25.8 Å². The summed E-state index contributed by atoms with van der Waals surface area (Å²) in [4.78, 5) is 26.9. The van der Waals surface area contributed by atoms with E-state index in [4.69, 9.17) is 14.6 Å². The molecule has 1 unspecified atom stereocenters. The van der Waals surface area contributed by atoms with Crippen LogP contribution in [0, 0.1) is 5.92 Å². The molecule has 0 aromatic heterocycles. The van der Waals surface area contributed by atoms with Gasteiger partial charge in [-0.3, -0.25) is 9.59 Å². The number of aliphatic carboxylic acids is 1. The van der Waals surface area contributed by atoms with Crippen molar-refractivity contribution in [2.24, 2.45) is 5.92 Å². The molecule has 1 aliphatic heterocycles. The van der Waals surface area contributed by atoms with Gasteiger partial charge in [0.25, 0.3) is 0 Å². The van der Waals surface area contributed by atoms with E-state index < -0.39 is 11.9 Å². The van der Waals surface area contributed by atoms with Crippen LogP contribution in [0.3, 0.4) is 0 Å². The summed E-state index contributed by atoms with van der Waals surface area (Å²) in [7, 11) is 1.61. The van der Waals surface area contributed by atoms with Crippen LogP contribution in [0.25, 0.3) is 0 Å². The number of hydrogen-bond acceptors (Lipinski definition) is 5. The van der Waals surface area contributed by atoms with Gasteiger partial charge >= 0.3 is 5.97 Å². The number of carbonyl (C=O) groups excluding carboxylic acids is 1. The van der Waals surface area contributed by atoms with E-state index >= 15 is 0 Å². The molecular formula is C20H30N2O5. The molecule has 7 heteroatoms. The summed E-state index contributed by atoms with van der Waals surface area (Å²) in [5.74, 6) is -0.210. The molecule has 150 valence electrons. The maximum absolute atomic E-state index is 12.0. The second-order valence-corrected chi connectivity index (χ2v) is 6.69. The highest BCUT2D eigenvalue weighted by Crippen LogP contribution is 2.28. The zero-order valence-electron chi connectivity index (χ0n) is 16.4. The molecule has 1 N–H and O–H groups in total. The first kappa shape index (κ1) is 21.0. The fourth-order valence-electron chi connectivity index (χ4n) is 3.23. The van der Waals surface area contributed by atoms with Gasteiger partial charge in [-0.25, -0.2) is 0 Å². The number of methoxy groups -OCH3 is 1. The number of likely N-dealkylation sites (N-methyl/N-ethyl adjacent to an activating group) is 1. The van der Waals surface area contributed by atoms with Crippen LogP contribution in [0.5, 0.6) is 11.5 Å². The van der Waals surface area contributed by atoms with Crippen molar-refractivity contribution in [3.05, 3.63) is 23.8 Å². The maximum atomic E-state index is 12.0. The molecule has 1 heterocycles. The molecule has 0 spiro atoms. The molecule has 0 saturated carbocycles. The minimum absolute atomic E-state index is 0.0911. The van der Waals surface area contributed by atoms with Crippen molar-refractivity contribution in [3.8, 4) is 11.5 Å². The van der Waals surface area contributed by atoms with E-state index in [1.807, 2.05) is 18.2 Å². The average Bonchev–Trinajstić information content (AvgIpc) is 3.05. The quantitative estimate of drug-likeness (QED) is 0.633. The van der Waals surface area contributed by atoms with Gasteiger partial charge in [0.05, 0.1) is 13.0 Å². The second kappa shape index (κ2) is 10.2. The average molecular weight is 378 g/mol. The molecule has 1 aliphatic rings. The Hall–Kier alpha value is -2.28. The van der Waals surface area contributed by atoms with Gasteiger partial charge in [-0.1, -0.05) is 19.9 Å². The topological polar surface area (TPSA) is 79.3 Å². The van der Waals surface area contributed by atoms with Crippen LogP contribution in [-0.2, 0) is 16.0 Å². The van der Waals surface area contributed by atoms with Crippen molar-refractivity contribution in [2.75, 3.05) is 46.4 Å². The number of benzene rings is 1. The summed E-state index contributed by atoms with van der Waals surface area (Å²) in [5.41, 5.74) is 1.03. The lowest BCUT2D eigenvalue weighted by Crippen LogP contribution is -2.28. The van der Waals surface area contributed by atoms with E-state index in [0.29, 0.717) is 31.1 Å². The lowest BCUT2D eigenvalue weighted by molar-refractivity contribution is -0.141. The Kier molecular flexibility index (Phi) is 7.91. The molecule has 2 rings (SSSR count). The summed E-state index contributed by atoms with van der Waals surface area (Å²) in [6.07, 6.45) is 0.742. The van der Waals surface area contributed by atoms with Crippen molar-refractivity contribution in [2.45, 2.75) is 26.7 Å². The van der Waals surface area contributed by atoms with Crippen molar-refractivity contribution < 1.29 is 24.2 Å². The number of likely N-dealkylation sites (tertiary alicyclic amines) is 1. The van der Waals surface area contributed by atoms with Crippen LogP contribution < -0.4 is 9.47 Å². The standard InChI is InChI=1S/C20H30N2O5/c1-4-21(5-2)10-11-27-18-12-15(6-7-17(18)26-3)8-9-22-14-16(20(24)25)13-19(22)23/h6-7,12,16H,4-5,8-11,13-14H2,1-3H3,(H,24,25). The van der Waals surface area contributed by atoms with Crippen molar-refractivity contribution in [3.63, 3.8) is 0 Å². The third-order valence-electron chi connectivity index (χ3n) is 5.02. The minimum atomic E-state index is -0.904. The summed E-state index contributed by atoms with van der Waals surface area (Å²) in [6.45, 7) is 8.44. The van der Waals surface area contributed by atoms with Gasteiger partial charge in [-0.2, -0.15) is 0 Å². The summed E-state index contributed by atoms with van der Waals surface area (Å²) in [6, 6.07) is 5.76. The van der Waals surface area contributed by atoms with Gasteiger partial charge in [0.2, 0.25) is 5.91 Å². The summed E-state index contributed by atoms with van der Waals surface area (Å²) < 4.78 is 11.3. The molecule has 7 nitrogen and oxygen atoms in total. The Balaban J connectivity index is 1.93. The first-order chi connectivity index (χ1) is 13.0. The monoisotopic (exact) mass is 378 g/mol. The van der Waals surface area contributed by atoms with Gasteiger partial charge in [0, 0.05) is 26.1 Å². The SMILES string of the molecule is CCN(CC)CCOc1cc(CCN2CC(C(=O)O)CC2=O)ccc1OC. The number of carbonyl (C=O) groups is 2. The van der Waals surface area contributed by atoms with Crippen molar-refractivity contribution in [1.29, 1.82) is 0 Å². The number of amides is 1. The molecule has 0 radical (unpaired) electrons. The van der Waals surface area contributed by atoms with Gasteiger partial charge in [0.15, 0.2) is 11.5 Å². The molecule has 1 amide bonds. The zero-order valence-corrected chi connectivity index (χ0v) is 16.4. The second-order valence-electron chi connectivity index (χ2n) is 6.69. The Morgan fingerprint density at radius 3 is 2.63 bits per heavy atom. The van der Waals surface area contributed by atoms with Crippen LogP contribution >= 0.6 is 0 Å². The molecule has 1 aromatic carbocycles. The fraction of sp³-hybridized carbons (Fsp3) is 0.600. The third-order valence-corrected chi connectivity index (χ3v) is 5.02. The molecule has 1 fully saturated rings. The number of rotatable bonds is 11. The molecule has 0 aliphatic carbocycles. The Bertz CT molecular complexity index is 645. The summed E-state index contributed by atoms with van der Waals surface area (Å²) >= 11 is 0. The number of carboxylic acid groups (broad SMARTS) is 1. The largest absolute Gasteiger partial charge is 0.493 e. The Labute approximate surface area is 160 Å². The highest BCUT2D eigenvalue weighted by molar-refractivity contribution is 5.86. The Morgan fingerprint density at radius 1 is 1.30 bits per heavy atom.